The first-order valence-electron chi connectivity index (χ1n) is 3.59. The van der Waals surface area contributed by atoms with Gasteiger partial charge in [-0.2, -0.15) is 5.10 Å². The maximum Gasteiger partial charge on any atom is 0.224 e. The highest BCUT2D eigenvalue weighted by Crippen LogP contribution is 2.11. The number of halogens is 1. The van der Waals surface area contributed by atoms with E-state index in [1.54, 1.807) is 24.5 Å². The Balaban J connectivity index is 2.19. The molecule has 0 aliphatic rings. The molecule has 0 atom stereocenters. The van der Waals surface area contributed by atoms with Gasteiger partial charge in [0.2, 0.25) is 5.28 Å². The molecule has 6 heteroatoms. The molecule has 0 saturated heterocycles. The van der Waals surface area contributed by atoms with Crippen LogP contribution in [0.1, 0.15) is 0 Å². The maximum absolute atomic E-state index is 5.60. The van der Waals surface area contributed by atoms with Crippen LogP contribution in [0.15, 0.2) is 24.5 Å². The number of H-pyrrole nitrogens is 1. The largest absolute Gasteiger partial charge is 0.325 e. The molecule has 0 fully saturated rings. The quantitative estimate of drug-likeness (QED) is 0.715. The molecule has 0 aromatic carbocycles. The average Bonchev–Trinajstić information content (AvgIpc) is 2.57. The van der Waals surface area contributed by atoms with E-state index in [4.69, 9.17) is 11.6 Å². The third kappa shape index (κ3) is 1.94. The summed E-state index contributed by atoms with van der Waals surface area (Å²) < 4.78 is 0. The molecule has 2 aromatic rings. The van der Waals surface area contributed by atoms with E-state index >= 15 is 0 Å². The number of aromatic amines is 1. The van der Waals surface area contributed by atoms with E-state index in [-0.39, 0.29) is 5.28 Å². The lowest BCUT2D eigenvalue weighted by molar-refractivity contribution is 1.08. The lowest BCUT2D eigenvalue weighted by Crippen LogP contribution is -1.94. The summed E-state index contributed by atoms with van der Waals surface area (Å²) >= 11 is 5.60. The van der Waals surface area contributed by atoms with Gasteiger partial charge in [-0.25, -0.2) is 9.97 Å². The van der Waals surface area contributed by atoms with Crippen molar-refractivity contribution in [3.8, 4) is 0 Å². The summed E-state index contributed by atoms with van der Waals surface area (Å²) in [5.74, 6) is 1.39. The number of rotatable bonds is 2. The van der Waals surface area contributed by atoms with Crippen LogP contribution in [0.3, 0.4) is 0 Å². The Morgan fingerprint density at radius 3 is 2.92 bits per heavy atom. The highest BCUT2D eigenvalue weighted by atomic mass is 35.5. The van der Waals surface area contributed by atoms with Crippen LogP contribution >= 0.6 is 11.6 Å². The first-order chi connectivity index (χ1) is 6.34. The molecule has 13 heavy (non-hydrogen) atoms. The van der Waals surface area contributed by atoms with Gasteiger partial charge in [0.15, 0.2) is 0 Å². The molecular formula is C7H6ClN5. The summed E-state index contributed by atoms with van der Waals surface area (Å²) in [6.07, 6.45) is 3.22. The minimum absolute atomic E-state index is 0.213. The van der Waals surface area contributed by atoms with E-state index in [1.165, 1.54) is 0 Å². The maximum atomic E-state index is 5.60. The highest BCUT2D eigenvalue weighted by molar-refractivity contribution is 6.28. The second kappa shape index (κ2) is 3.40. The van der Waals surface area contributed by atoms with Crippen LogP contribution in [0.5, 0.6) is 0 Å². The Labute approximate surface area is 79.2 Å². The third-order valence-corrected chi connectivity index (χ3v) is 1.57. The Kier molecular flexibility index (Phi) is 2.09. The van der Waals surface area contributed by atoms with E-state index in [0.29, 0.717) is 5.82 Å². The van der Waals surface area contributed by atoms with Gasteiger partial charge in [-0.1, -0.05) is 0 Å². The predicted molar refractivity (Wildman–Crippen MR) is 48.9 cm³/mol. The molecule has 5 nitrogen and oxygen atoms in total. The van der Waals surface area contributed by atoms with Crippen molar-refractivity contribution in [3.63, 3.8) is 0 Å². The van der Waals surface area contributed by atoms with Crippen molar-refractivity contribution in [2.45, 2.75) is 0 Å². The van der Waals surface area contributed by atoms with Gasteiger partial charge in [0.05, 0.1) is 6.20 Å². The second-order valence-electron chi connectivity index (χ2n) is 2.31. The van der Waals surface area contributed by atoms with E-state index in [0.717, 1.165) is 5.82 Å². The van der Waals surface area contributed by atoms with Crippen LogP contribution in [0.4, 0.5) is 11.6 Å². The Morgan fingerprint density at radius 2 is 2.23 bits per heavy atom. The van der Waals surface area contributed by atoms with Gasteiger partial charge in [0, 0.05) is 12.3 Å². The monoisotopic (exact) mass is 195 g/mol. The van der Waals surface area contributed by atoms with Crippen LogP contribution in [0.2, 0.25) is 5.28 Å². The minimum atomic E-state index is 0.213. The van der Waals surface area contributed by atoms with Gasteiger partial charge in [-0.3, -0.25) is 5.10 Å². The van der Waals surface area contributed by atoms with Crippen LogP contribution in [-0.4, -0.2) is 20.2 Å². The van der Waals surface area contributed by atoms with Crippen molar-refractivity contribution in [1.29, 1.82) is 0 Å². The molecule has 2 heterocycles. The number of nitrogens with one attached hydrogen (secondary N) is 2. The highest BCUT2D eigenvalue weighted by Gasteiger charge is 1.97. The van der Waals surface area contributed by atoms with Gasteiger partial charge >= 0.3 is 0 Å². The molecule has 66 valence electrons. The summed E-state index contributed by atoms with van der Waals surface area (Å²) in [7, 11) is 0. The van der Waals surface area contributed by atoms with Crippen LogP contribution in [0.25, 0.3) is 0 Å². The summed E-state index contributed by atoms with van der Waals surface area (Å²) in [6.45, 7) is 0. The first kappa shape index (κ1) is 8.00. The summed E-state index contributed by atoms with van der Waals surface area (Å²) in [5.41, 5.74) is 0. The van der Waals surface area contributed by atoms with Gasteiger partial charge in [-0.05, 0) is 17.7 Å². The molecule has 0 amide bonds. The van der Waals surface area contributed by atoms with E-state index < -0.39 is 0 Å². The molecule has 2 rings (SSSR count). The molecular weight excluding hydrogens is 190 g/mol. The molecule has 0 saturated carbocycles. The van der Waals surface area contributed by atoms with Crippen molar-refractivity contribution < 1.29 is 0 Å². The van der Waals surface area contributed by atoms with Crippen molar-refractivity contribution in [2.75, 3.05) is 5.32 Å². The molecule has 0 spiro atoms. The lowest BCUT2D eigenvalue weighted by Gasteiger charge is -2.00. The molecule has 0 aliphatic heterocycles. The smallest absolute Gasteiger partial charge is 0.224 e. The SMILES string of the molecule is Clc1nccc(Nc2ccn[nH]2)n1. The summed E-state index contributed by atoms with van der Waals surface area (Å²) in [4.78, 5) is 7.70. The number of nitrogens with zero attached hydrogens (tertiary/aromatic N) is 3. The van der Waals surface area contributed by atoms with Crippen molar-refractivity contribution >= 4 is 23.2 Å². The third-order valence-electron chi connectivity index (χ3n) is 1.39. The zero-order valence-electron chi connectivity index (χ0n) is 6.53. The standard InChI is InChI=1S/C7H6ClN5/c8-7-9-3-1-5(12-7)11-6-2-4-10-13-6/h1-4H,(H2,9,10,11,12,13). The lowest BCUT2D eigenvalue weighted by atomic mass is 10.5. The Morgan fingerprint density at radius 1 is 1.31 bits per heavy atom. The fourth-order valence-electron chi connectivity index (χ4n) is 0.868. The van der Waals surface area contributed by atoms with Gasteiger partial charge in [-0.15, -0.1) is 0 Å². The van der Waals surface area contributed by atoms with Crippen LogP contribution in [-0.2, 0) is 0 Å². The van der Waals surface area contributed by atoms with Crippen LogP contribution in [0, 0.1) is 0 Å². The molecule has 2 aromatic heterocycles. The fraction of sp³-hybridized carbons (Fsp3) is 0. The van der Waals surface area contributed by atoms with Crippen LogP contribution < -0.4 is 5.32 Å². The molecule has 0 bridgehead atoms. The zero-order chi connectivity index (χ0) is 9.10. The normalized spacial score (nSPS) is 9.92. The van der Waals surface area contributed by atoms with E-state index in [1.807, 2.05) is 0 Å². The number of hydrogen-bond acceptors (Lipinski definition) is 4. The van der Waals surface area contributed by atoms with Gasteiger partial charge < -0.3 is 5.32 Å². The molecule has 0 unspecified atom stereocenters. The number of anilines is 2. The number of aromatic nitrogens is 4. The Bertz CT molecular complexity index is 386. The van der Waals surface area contributed by atoms with Gasteiger partial charge in [0.25, 0.3) is 0 Å². The molecule has 2 N–H and O–H groups in total. The van der Waals surface area contributed by atoms with Crippen molar-refractivity contribution in [1.82, 2.24) is 20.2 Å². The van der Waals surface area contributed by atoms with Gasteiger partial charge in [0.1, 0.15) is 11.6 Å². The summed E-state index contributed by atoms with van der Waals surface area (Å²) in [5, 5.41) is 9.70. The van der Waals surface area contributed by atoms with Crippen molar-refractivity contribution in [3.05, 3.63) is 29.8 Å². The minimum Gasteiger partial charge on any atom is -0.325 e. The first-order valence-corrected chi connectivity index (χ1v) is 3.97. The predicted octanol–water partition coefficient (Wildman–Crippen LogP) is 1.60. The van der Waals surface area contributed by atoms with E-state index in [2.05, 4.69) is 25.5 Å². The molecule has 0 radical (unpaired) electrons. The van der Waals surface area contributed by atoms with E-state index in [9.17, 15) is 0 Å². The Hall–Kier alpha value is -1.62. The summed E-state index contributed by atoms with van der Waals surface area (Å²) in [6, 6.07) is 3.50. The fourth-order valence-corrected chi connectivity index (χ4v) is 1.02. The molecule has 0 aliphatic carbocycles. The number of hydrogen-bond donors (Lipinski definition) is 2. The topological polar surface area (TPSA) is 66.5 Å². The zero-order valence-corrected chi connectivity index (χ0v) is 7.28. The second-order valence-corrected chi connectivity index (χ2v) is 2.64. The average molecular weight is 196 g/mol. The van der Waals surface area contributed by atoms with Crippen molar-refractivity contribution in [2.24, 2.45) is 0 Å².